The van der Waals surface area contributed by atoms with Gasteiger partial charge in [-0.3, -0.25) is 0 Å². The molecule has 0 aromatic heterocycles. The van der Waals surface area contributed by atoms with Crippen LogP contribution < -0.4 is 11.5 Å². The van der Waals surface area contributed by atoms with Crippen molar-refractivity contribution in [2.24, 2.45) is 0 Å². The van der Waals surface area contributed by atoms with Gasteiger partial charge in [-0.15, -0.1) is 0 Å². The highest BCUT2D eigenvalue weighted by molar-refractivity contribution is 6.02. The largest absolute Gasteiger partial charge is 0.457 e. The number of rotatable bonds is 3. The normalized spacial score (nSPS) is 10.9. The predicted octanol–water partition coefficient (Wildman–Crippen LogP) is 4.51. The van der Waals surface area contributed by atoms with Crippen molar-refractivity contribution < 1.29 is 9.53 Å². The van der Waals surface area contributed by atoms with Crippen LogP contribution in [0.3, 0.4) is 0 Å². The van der Waals surface area contributed by atoms with E-state index in [0.29, 0.717) is 16.9 Å². The molecule has 0 saturated carbocycles. The monoisotopic (exact) mass is 342 g/mol. The van der Waals surface area contributed by atoms with E-state index in [1.165, 1.54) is 0 Å². The summed E-state index contributed by atoms with van der Waals surface area (Å²) in [6.45, 7) is 0.176. The number of esters is 1. The lowest BCUT2D eigenvalue weighted by atomic mass is 9.97. The average Bonchev–Trinajstić information content (AvgIpc) is 2.64. The zero-order valence-corrected chi connectivity index (χ0v) is 14.1. The number of carbonyl (C=O) groups is 1. The topological polar surface area (TPSA) is 78.3 Å². The van der Waals surface area contributed by atoms with Crippen molar-refractivity contribution in [2.75, 3.05) is 11.5 Å². The predicted molar refractivity (Wildman–Crippen MR) is 106 cm³/mol. The summed E-state index contributed by atoms with van der Waals surface area (Å²) in [6.07, 6.45) is 0. The Labute approximate surface area is 151 Å². The zero-order chi connectivity index (χ0) is 18.1. The Morgan fingerprint density at radius 1 is 0.769 bits per heavy atom. The number of fused-ring (bicyclic) bond motifs is 2. The summed E-state index contributed by atoms with van der Waals surface area (Å²) in [6, 6.07) is 23.1. The lowest BCUT2D eigenvalue weighted by Crippen LogP contribution is -2.07. The molecule has 4 nitrogen and oxygen atoms in total. The van der Waals surface area contributed by atoms with E-state index in [0.717, 1.165) is 27.1 Å². The minimum Gasteiger partial charge on any atom is -0.457 e. The number of ether oxygens (including phenoxy) is 1. The first-order valence-electron chi connectivity index (χ1n) is 8.34. The van der Waals surface area contributed by atoms with Crippen molar-refractivity contribution in [3.8, 4) is 0 Å². The van der Waals surface area contributed by atoms with E-state index < -0.39 is 5.97 Å². The molecule has 0 bridgehead atoms. The molecular formula is C22H18N2O2. The number of hydrogen-bond acceptors (Lipinski definition) is 4. The van der Waals surface area contributed by atoms with Gasteiger partial charge in [0.15, 0.2) is 0 Å². The fraction of sp³-hybridized carbons (Fsp3) is 0.0455. The van der Waals surface area contributed by atoms with Gasteiger partial charge in [-0.25, -0.2) is 4.79 Å². The molecule has 4 N–H and O–H groups in total. The van der Waals surface area contributed by atoms with E-state index in [9.17, 15) is 4.79 Å². The number of benzene rings is 4. The molecule has 0 amide bonds. The second-order valence-electron chi connectivity index (χ2n) is 6.26. The Morgan fingerprint density at radius 3 is 1.88 bits per heavy atom. The molecule has 0 fully saturated rings. The lowest BCUT2D eigenvalue weighted by molar-refractivity contribution is 0.0476. The van der Waals surface area contributed by atoms with Gasteiger partial charge >= 0.3 is 5.97 Å². The molecule has 4 rings (SSSR count). The van der Waals surface area contributed by atoms with Crippen LogP contribution in [0.25, 0.3) is 21.5 Å². The number of hydrogen-bond donors (Lipinski definition) is 2. The van der Waals surface area contributed by atoms with Crippen LogP contribution in [0.2, 0.25) is 0 Å². The molecule has 0 atom stereocenters. The first-order chi connectivity index (χ1) is 12.6. The SMILES string of the molecule is Nc1cc(N)cc(C(=O)OCc2c3ccccc3cc3ccccc23)c1. The number of nitrogen functional groups attached to an aromatic ring is 2. The van der Waals surface area contributed by atoms with Crippen molar-refractivity contribution in [1.82, 2.24) is 0 Å². The molecule has 0 aliphatic carbocycles. The smallest absolute Gasteiger partial charge is 0.338 e. The van der Waals surface area contributed by atoms with Crippen molar-refractivity contribution in [1.29, 1.82) is 0 Å². The van der Waals surface area contributed by atoms with Crippen LogP contribution in [-0.4, -0.2) is 5.97 Å². The molecule has 0 aliphatic rings. The van der Waals surface area contributed by atoms with Gasteiger partial charge in [-0.05, 0) is 45.8 Å². The van der Waals surface area contributed by atoms with Gasteiger partial charge in [0.1, 0.15) is 6.61 Å². The first-order valence-corrected chi connectivity index (χ1v) is 8.34. The fourth-order valence-corrected chi connectivity index (χ4v) is 3.28. The van der Waals surface area contributed by atoms with Crippen LogP contribution in [0.1, 0.15) is 15.9 Å². The van der Waals surface area contributed by atoms with E-state index in [1.54, 1.807) is 18.2 Å². The maximum absolute atomic E-state index is 12.5. The van der Waals surface area contributed by atoms with Crippen molar-refractivity contribution in [3.63, 3.8) is 0 Å². The summed E-state index contributed by atoms with van der Waals surface area (Å²) in [7, 11) is 0. The van der Waals surface area contributed by atoms with Crippen LogP contribution in [0.15, 0.2) is 72.8 Å². The number of carbonyl (C=O) groups excluding carboxylic acids is 1. The summed E-state index contributed by atoms with van der Waals surface area (Å²) in [5.41, 5.74) is 13.7. The van der Waals surface area contributed by atoms with Gasteiger partial charge in [0, 0.05) is 16.9 Å². The van der Waals surface area contributed by atoms with Gasteiger partial charge in [-0.2, -0.15) is 0 Å². The Balaban J connectivity index is 1.73. The molecule has 0 heterocycles. The van der Waals surface area contributed by atoms with Crippen molar-refractivity contribution >= 4 is 38.9 Å². The minimum absolute atomic E-state index is 0.176. The standard InChI is InChI=1S/C22H18N2O2/c23-17-10-16(11-18(24)12-17)22(25)26-13-21-19-7-3-1-5-14(19)9-15-6-2-4-8-20(15)21/h1-12H,13,23-24H2. The summed E-state index contributed by atoms with van der Waals surface area (Å²) in [4.78, 5) is 12.5. The number of nitrogens with two attached hydrogens (primary N) is 2. The first kappa shape index (κ1) is 16.0. The summed E-state index contributed by atoms with van der Waals surface area (Å²) in [5, 5.41) is 4.38. The molecule has 4 heteroatoms. The molecule has 4 aromatic rings. The second-order valence-corrected chi connectivity index (χ2v) is 6.26. The minimum atomic E-state index is -0.444. The van der Waals surface area contributed by atoms with Gasteiger partial charge in [-0.1, -0.05) is 48.5 Å². The van der Waals surface area contributed by atoms with Gasteiger partial charge in [0.25, 0.3) is 0 Å². The maximum Gasteiger partial charge on any atom is 0.338 e. The third-order valence-electron chi connectivity index (χ3n) is 4.44. The third-order valence-corrected chi connectivity index (χ3v) is 4.44. The summed E-state index contributed by atoms with van der Waals surface area (Å²) in [5.74, 6) is -0.444. The Kier molecular flexibility index (Phi) is 3.93. The second kappa shape index (κ2) is 6.41. The van der Waals surface area contributed by atoms with Crippen LogP contribution in [0.5, 0.6) is 0 Å². The van der Waals surface area contributed by atoms with E-state index in [4.69, 9.17) is 16.2 Å². The van der Waals surface area contributed by atoms with Gasteiger partial charge in [0.05, 0.1) is 5.56 Å². The summed E-state index contributed by atoms with van der Waals surface area (Å²) < 4.78 is 5.59. The molecule has 0 spiro atoms. The Hall–Kier alpha value is -3.53. The van der Waals surface area contributed by atoms with Gasteiger partial charge < -0.3 is 16.2 Å². The molecule has 0 aliphatic heterocycles. The van der Waals surface area contributed by atoms with Gasteiger partial charge in [0.2, 0.25) is 0 Å². The molecule has 0 saturated heterocycles. The molecular weight excluding hydrogens is 324 g/mol. The molecule has 0 unspecified atom stereocenters. The van der Waals surface area contributed by atoms with Crippen molar-refractivity contribution in [2.45, 2.75) is 6.61 Å². The molecule has 4 aromatic carbocycles. The van der Waals surface area contributed by atoms with E-state index in [-0.39, 0.29) is 6.61 Å². The van der Waals surface area contributed by atoms with Crippen molar-refractivity contribution in [3.05, 3.63) is 83.9 Å². The third kappa shape index (κ3) is 2.93. The zero-order valence-electron chi connectivity index (χ0n) is 14.1. The fourth-order valence-electron chi connectivity index (χ4n) is 3.28. The van der Waals surface area contributed by atoms with E-state index in [1.807, 2.05) is 36.4 Å². The molecule has 26 heavy (non-hydrogen) atoms. The lowest BCUT2D eigenvalue weighted by Gasteiger charge is -2.12. The van der Waals surface area contributed by atoms with E-state index >= 15 is 0 Å². The highest BCUT2D eigenvalue weighted by Gasteiger charge is 2.12. The van der Waals surface area contributed by atoms with Crippen LogP contribution >= 0.6 is 0 Å². The van der Waals surface area contributed by atoms with E-state index in [2.05, 4.69) is 18.2 Å². The summed E-state index contributed by atoms with van der Waals surface area (Å²) >= 11 is 0. The molecule has 0 radical (unpaired) electrons. The highest BCUT2D eigenvalue weighted by atomic mass is 16.5. The highest BCUT2D eigenvalue weighted by Crippen LogP contribution is 2.29. The van der Waals surface area contributed by atoms with Crippen LogP contribution in [-0.2, 0) is 11.3 Å². The molecule has 128 valence electrons. The Morgan fingerprint density at radius 2 is 1.31 bits per heavy atom. The van der Waals surface area contributed by atoms with Crippen LogP contribution in [0, 0.1) is 0 Å². The maximum atomic E-state index is 12.5. The van der Waals surface area contributed by atoms with Crippen LogP contribution in [0.4, 0.5) is 11.4 Å². The quantitative estimate of drug-likeness (QED) is 0.326. The number of anilines is 2. The Bertz CT molecular complexity index is 1060. The average molecular weight is 342 g/mol.